The average Bonchev–Trinajstić information content (AvgIpc) is 2.77. The number of para-hydroxylation sites is 1. The third kappa shape index (κ3) is 2.61. The lowest BCUT2D eigenvalue weighted by atomic mass is 10.0. The molecule has 1 aromatic carbocycles. The molecular formula is C15H20N2O3. The van der Waals surface area contributed by atoms with Crippen LogP contribution in [-0.2, 0) is 9.59 Å². The molecule has 0 aliphatic carbocycles. The Morgan fingerprint density at radius 1 is 1.40 bits per heavy atom. The zero-order valence-electron chi connectivity index (χ0n) is 12.0. The standard InChI is InChI=1S/C15H20N2O3/c1-10(2)16(3)14(18)9-17-8-12(15(19)20)11-6-4-5-7-13(11)17/h4-7,10,12H,8-9H2,1-3H3,(H,19,20). The van der Waals surface area contributed by atoms with E-state index in [0.717, 1.165) is 11.3 Å². The lowest BCUT2D eigenvalue weighted by molar-refractivity contribution is -0.138. The van der Waals surface area contributed by atoms with E-state index in [9.17, 15) is 14.7 Å². The summed E-state index contributed by atoms with van der Waals surface area (Å²) in [6.45, 7) is 4.48. The molecule has 1 N–H and O–H groups in total. The highest BCUT2D eigenvalue weighted by molar-refractivity contribution is 5.87. The largest absolute Gasteiger partial charge is 0.481 e. The number of aliphatic carboxylic acids is 1. The van der Waals surface area contributed by atoms with Crippen molar-refractivity contribution in [2.24, 2.45) is 0 Å². The summed E-state index contributed by atoms with van der Waals surface area (Å²) in [5.41, 5.74) is 1.64. The molecule has 1 heterocycles. The Balaban J connectivity index is 2.19. The molecular weight excluding hydrogens is 256 g/mol. The van der Waals surface area contributed by atoms with Crippen molar-refractivity contribution in [3.63, 3.8) is 0 Å². The number of anilines is 1. The molecule has 0 bridgehead atoms. The first-order valence-corrected chi connectivity index (χ1v) is 6.74. The Bertz CT molecular complexity index is 528. The van der Waals surface area contributed by atoms with Gasteiger partial charge >= 0.3 is 5.97 Å². The van der Waals surface area contributed by atoms with Crippen molar-refractivity contribution in [1.82, 2.24) is 4.90 Å². The molecule has 1 aromatic rings. The first kappa shape index (κ1) is 14.4. The highest BCUT2D eigenvalue weighted by Crippen LogP contribution is 2.35. The van der Waals surface area contributed by atoms with Crippen molar-refractivity contribution in [1.29, 1.82) is 0 Å². The van der Waals surface area contributed by atoms with Crippen molar-refractivity contribution in [3.8, 4) is 0 Å². The molecule has 0 fully saturated rings. The molecule has 0 saturated carbocycles. The molecule has 1 unspecified atom stereocenters. The van der Waals surface area contributed by atoms with E-state index >= 15 is 0 Å². The molecule has 1 amide bonds. The van der Waals surface area contributed by atoms with E-state index in [1.54, 1.807) is 11.9 Å². The Kier molecular flexibility index (Phi) is 3.97. The predicted octanol–water partition coefficient (Wildman–Crippen LogP) is 1.54. The van der Waals surface area contributed by atoms with Gasteiger partial charge in [-0.3, -0.25) is 9.59 Å². The third-order valence-electron chi connectivity index (χ3n) is 3.85. The Hall–Kier alpha value is -2.04. The van der Waals surface area contributed by atoms with Crippen LogP contribution < -0.4 is 4.90 Å². The van der Waals surface area contributed by atoms with E-state index < -0.39 is 11.9 Å². The van der Waals surface area contributed by atoms with E-state index in [0.29, 0.717) is 6.54 Å². The van der Waals surface area contributed by atoms with Crippen LogP contribution >= 0.6 is 0 Å². The summed E-state index contributed by atoms with van der Waals surface area (Å²) in [5, 5.41) is 9.29. The zero-order valence-corrected chi connectivity index (χ0v) is 12.0. The Morgan fingerprint density at radius 2 is 2.05 bits per heavy atom. The molecule has 0 spiro atoms. The first-order chi connectivity index (χ1) is 9.41. The van der Waals surface area contributed by atoms with Gasteiger partial charge in [0.2, 0.25) is 5.91 Å². The van der Waals surface area contributed by atoms with E-state index in [-0.39, 0.29) is 18.5 Å². The minimum absolute atomic E-state index is 0.000779. The summed E-state index contributed by atoms with van der Waals surface area (Å²) in [4.78, 5) is 27.0. The number of hydrogen-bond acceptors (Lipinski definition) is 3. The molecule has 0 radical (unpaired) electrons. The average molecular weight is 276 g/mol. The van der Waals surface area contributed by atoms with Gasteiger partial charge in [0.15, 0.2) is 0 Å². The SMILES string of the molecule is CC(C)N(C)C(=O)CN1CC(C(=O)O)c2ccccc21. The van der Waals surface area contributed by atoms with Gasteiger partial charge in [-0.05, 0) is 25.5 Å². The number of fused-ring (bicyclic) bond motifs is 1. The molecule has 108 valence electrons. The van der Waals surface area contributed by atoms with Crippen LogP contribution in [0.5, 0.6) is 0 Å². The number of carbonyl (C=O) groups is 2. The van der Waals surface area contributed by atoms with Crippen LogP contribution in [0, 0.1) is 0 Å². The summed E-state index contributed by atoms with van der Waals surface area (Å²) >= 11 is 0. The topological polar surface area (TPSA) is 60.9 Å². The monoisotopic (exact) mass is 276 g/mol. The van der Waals surface area contributed by atoms with Crippen LogP contribution in [0.4, 0.5) is 5.69 Å². The Labute approximate surface area is 118 Å². The molecule has 1 atom stereocenters. The van der Waals surface area contributed by atoms with Crippen molar-refractivity contribution in [2.75, 3.05) is 25.0 Å². The maximum absolute atomic E-state index is 12.2. The van der Waals surface area contributed by atoms with Gasteiger partial charge in [0.1, 0.15) is 5.92 Å². The summed E-state index contributed by atoms with van der Waals surface area (Å²) in [6.07, 6.45) is 0. The van der Waals surface area contributed by atoms with Crippen LogP contribution in [0.15, 0.2) is 24.3 Å². The lowest BCUT2D eigenvalue weighted by Gasteiger charge is -2.26. The molecule has 20 heavy (non-hydrogen) atoms. The summed E-state index contributed by atoms with van der Waals surface area (Å²) < 4.78 is 0. The summed E-state index contributed by atoms with van der Waals surface area (Å²) in [7, 11) is 1.77. The number of likely N-dealkylation sites (N-methyl/N-ethyl adjacent to an activating group) is 1. The van der Waals surface area contributed by atoms with E-state index in [2.05, 4.69) is 0 Å². The highest BCUT2D eigenvalue weighted by Gasteiger charge is 2.34. The van der Waals surface area contributed by atoms with Gasteiger partial charge in [0, 0.05) is 25.3 Å². The van der Waals surface area contributed by atoms with Crippen LogP contribution in [0.1, 0.15) is 25.3 Å². The van der Waals surface area contributed by atoms with Crippen LogP contribution in [0.2, 0.25) is 0 Å². The molecule has 0 aromatic heterocycles. The van der Waals surface area contributed by atoms with Crippen molar-refractivity contribution < 1.29 is 14.7 Å². The van der Waals surface area contributed by atoms with Crippen molar-refractivity contribution >= 4 is 17.6 Å². The maximum Gasteiger partial charge on any atom is 0.312 e. The molecule has 2 rings (SSSR count). The lowest BCUT2D eigenvalue weighted by Crippen LogP contribution is -2.41. The fraction of sp³-hybridized carbons (Fsp3) is 0.467. The number of carbonyl (C=O) groups excluding carboxylic acids is 1. The van der Waals surface area contributed by atoms with Gasteiger partial charge in [-0.15, -0.1) is 0 Å². The number of amides is 1. The molecule has 1 aliphatic rings. The van der Waals surface area contributed by atoms with Crippen molar-refractivity contribution in [3.05, 3.63) is 29.8 Å². The van der Waals surface area contributed by atoms with Crippen LogP contribution in [0.25, 0.3) is 0 Å². The molecule has 5 nitrogen and oxygen atoms in total. The number of carboxylic acid groups (broad SMARTS) is 1. The second kappa shape index (κ2) is 5.53. The Morgan fingerprint density at radius 3 is 2.65 bits per heavy atom. The maximum atomic E-state index is 12.2. The first-order valence-electron chi connectivity index (χ1n) is 6.74. The van der Waals surface area contributed by atoms with E-state index in [4.69, 9.17) is 0 Å². The predicted molar refractivity (Wildman–Crippen MR) is 76.9 cm³/mol. The van der Waals surface area contributed by atoms with Gasteiger partial charge in [-0.25, -0.2) is 0 Å². The van der Waals surface area contributed by atoms with Crippen LogP contribution in [-0.4, -0.2) is 48.1 Å². The highest BCUT2D eigenvalue weighted by atomic mass is 16.4. The van der Waals surface area contributed by atoms with E-state index in [1.807, 2.05) is 43.0 Å². The second-order valence-electron chi connectivity index (χ2n) is 5.43. The summed E-state index contributed by atoms with van der Waals surface area (Å²) in [6, 6.07) is 7.54. The molecule has 5 heteroatoms. The smallest absolute Gasteiger partial charge is 0.312 e. The number of carboxylic acids is 1. The summed E-state index contributed by atoms with van der Waals surface area (Å²) in [5.74, 6) is -1.39. The van der Waals surface area contributed by atoms with Gasteiger partial charge in [-0.2, -0.15) is 0 Å². The molecule has 0 saturated heterocycles. The van der Waals surface area contributed by atoms with Gasteiger partial charge in [-0.1, -0.05) is 18.2 Å². The third-order valence-corrected chi connectivity index (χ3v) is 3.85. The molecule has 1 aliphatic heterocycles. The number of benzene rings is 1. The fourth-order valence-electron chi connectivity index (χ4n) is 2.41. The number of nitrogens with zero attached hydrogens (tertiary/aromatic N) is 2. The fourth-order valence-corrected chi connectivity index (χ4v) is 2.41. The van der Waals surface area contributed by atoms with Crippen molar-refractivity contribution in [2.45, 2.75) is 25.8 Å². The number of rotatable bonds is 4. The second-order valence-corrected chi connectivity index (χ2v) is 5.43. The number of hydrogen-bond donors (Lipinski definition) is 1. The normalized spacial score (nSPS) is 17.2. The van der Waals surface area contributed by atoms with Gasteiger partial charge < -0.3 is 14.9 Å². The quantitative estimate of drug-likeness (QED) is 0.906. The van der Waals surface area contributed by atoms with Crippen LogP contribution in [0.3, 0.4) is 0 Å². The van der Waals surface area contributed by atoms with E-state index in [1.165, 1.54) is 0 Å². The van der Waals surface area contributed by atoms with Gasteiger partial charge in [0.25, 0.3) is 0 Å². The minimum atomic E-state index is -0.843. The zero-order chi connectivity index (χ0) is 14.9. The minimum Gasteiger partial charge on any atom is -0.481 e. The van der Waals surface area contributed by atoms with Gasteiger partial charge in [0.05, 0.1) is 6.54 Å².